The van der Waals surface area contributed by atoms with Gasteiger partial charge in [-0.25, -0.2) is 13.6 Å². The van der Waals surface area contributed by atoms with Gasteiger partial charge in [-0.05, 0) is 23.8 Å². The molecule has 0 aliphatic rings. The molecule has 0 unspecified atom stereocenters. The van der Waals surface area contributed by atoms with Gasteiger partial charge in [-0.15, -0.1) is 0 Å². The number of benzene rings is 2. The third kappa shape index (κ3) is 4.17. The van der Waals surface area contributed by atoms with Gasteiger partial charge >= 0.3 is 6.03 Å². The fourth-order valence-electron chi connectivity index (χ4n) is 2.37. The van der Waals surface area contributed by atoms with Crippen molar-refractivity contribution in [3.63, 3.8) is 0 Å². The molecule has 126 valence electrons. The maximum Gasteiger partial charge on any atom is 0.319 e. The van der Waals surface area contributed by atoms with E-state index in [-0.39, 0.29) is 12.2 Å². The normalized spacial score (nSPS) is 10.3. The van der Waals surface area contributed by atoms with E-state index in [1.165, 1.54) is 6.07 Å². The summed E-state index contributed by atoms with van der Waals surface area (Å²) in [7, 11) is 0. The molecule has 1 aromatic heterocycles. The molecule has 0 atom stereocenters. The van der Waals surface area contributed by atoms with E-state index >= 15 is 0 Å². The van der Waals surface area contributed by atoms with Crippen molar-refractivity contribution < 1.29 is 13.6 Å². The minimum atomic E-state index is -0.832. The SMILES string of the molecule is O=C(NCc1cccnc1-c1ccccc1)Nc1ccc(F)cc1F. The highest BCUT2D eigenvalue weighted by Crippen LogP contribution is 2.20. The first kappa shape index (κ1) is 16.6. The van der Waals surface area contributed by atoms with Gasteiger partial charge in [0.2, 0.25) is 0 Å². The number of aromatic nitrogens is 1. The highest BCUT2D eigenvalue weighted by atomic mass is 19.1. The Bertz CT molecular complexity index is 885. The van der Waals surface area contributed by atoms with Crippen molar-refractivity contribution in [3.8, 4) is 11.3 Å². The molecule has 6 heteroatoms. The highest BCUT2D eigenvalue weighted by Gasteiger charge is 2.10. The molecule has 2 aromatic carbocycles. The molecule has 25 heavy (non-hydrogen) atoms. The molecule has 0 saturated carbocycles. The van der Waals surface area contributed by atoms with Crippen molar-refractivity contribution >= 4 is 11.7 Å². The van der Waals surface area contributed by atoms with Crippen LogP contribution in [0.5, 0.6) is 0 Å². The Morgan fingerprint density at radius 2 is 1.80 bits per heavy atom. The zero-order chi connectivity index (χ0) is 17.6. The van der Waals surface area contributed by atoms with Gasteiger partial charge in [-0.1, -0.05) is 36.4 Å². The van der Waals surface area contributed by atoms with Crippen LogP contribution in [-0.4, -0.2) is 11.0 Å². The van der Waals surface area contributed by atoms with E-state index in [9.17, 15) is 13.6 Å². The number of nitrogens with zero attached hydrogens (tertiary/aromatic N) is 1. The number of halogens is 2. The van der Waals surface area contributed by atoms with Crippen molar-refractivity contribution in [2.75, 3.05) is 5.32 Å². The number of pyridine rings is 1. The fourth-order valence-corrected chi connectivity index (χ4v) is 2.37. The maximum absolute atomic E-state index is 13.6. The lowest BCUT2D eigenvalue weighted by molar-refractivity contribution is 0.251. The van der Waals surface area contributed by atoms with E-state index in [2.05, 4.69) is 15.6 Å². The first-order chi connectivity index (χ1) is 12.1. The van der Waals surface area contributed by atoms with Crippen LogP contribution in [0.15, 0.2) is 66.9 Å². The predicted octanol–water partition coefficient (Wildman–Crippen LogP) is 4.35. The van der Waals surface area contributed by atoms with Crippen molar-refractivity contribution in [3.05, 3.63) is 84.1 Å². The Labute approximate surface area is 143 Å². The second-order valence-corrected chi connectivity index (χ2v) is 5.31. The monoisotopic (exact) mass is 339 g/mol. The molecule has 0 fully saturated rings. The minimum absolute atomic E-state index is 0.0895. The van der Waals surface area contributed by atoms with Crippen LogP contribution in [0.2, 0.25) is 0 Å². The number of rotatable bonds is 4. The molecular formula is C19H15F2N3O. The van der Waals surface area contributed by atoms with Crippen LogP contribution in [0, 0.1) is 11.6 Å². The van der Waals surface area contributed by atoms with Crippen LogP contribution in [0.3, 0.4) is 0 Å². The largest absolute Gasteiger partial charge is 0.334 e. The number of nitrogens with one attached hydrogen (secondary N) is 2. The Kier molecular flexibility index (Phi) is 4.99. The van der Waals surface area contributed by atoms with E-state index in [0.717, 1.165) is 22.9 Å². The summed E-state index contributed by atoms with van der Waals surface area (Å²) >= 11 is 0. The van der Waals surface area contributed by atoms with Crippen LogP contribution >= 0.6 is 0 Å². The summed E-state index contributed by atoms with van der Waals surface area (Å²) in [6.07, 6.45) is 1.68. The molecule has 3 aromatic rings. The average molecular weight is 339 g/mol. The summed E-state index contributed by atoms with van der Waals surface area (Å²) in [5.74, 6) is -1.53. The predicted molar refractivity (Wildman–Crippen MR) is 91.9 cm³/mol. The van der Waals surface area contributed by atoms with Gasteiger partial charge in [-0.3, -0.25) is 4.98 Å². The summed E-state index contributed by atoms with van der Waals surface area (Å²) in [6.45, 7) is 0.215. The number of hydrogen-bond acceptors (Lipinski definition) is 2. The number of carbonyl (C=O) groups is 1. The Morgan fingerprint density at radius 1 is 1.00 bits per heavy atom. The lowest BCUT2D eigenvalue weighted by Crippen LogP contribution is -2.28. The van der Waals surface area contributed by atoms with Crippen LogP contribution in [0.4, 0.5) is 19.3 Å². The number of hydrogen-bond donors (Lipinski definition) is 2. The van der Waals surface area contributed by atoms with Crippen LogP contribution in [0.1, 0.15) is 5.56 Å². The van der Waals surface area contributed by atoms with E-state index in [1.807, 2.05) is 36.4 Å². The van der Waals surface area contributed by atoms with Gasteiger partial charge in [0.1, 0.15) is 11.6 Å². The Balaban J connectivity index is 1.69. The number of amides is 2. The van der Waals surface area contributed by atoms with Crippen molar-refractivity contribution in [1.29, 1.82) is 0 Å². The number of carbonyl (C=O) groups excluding carboxylic acids is 1. The first-order valence-electron chi connectivity index (χ1n) is 7.63. The van der Waals surface area contributed by atoms with Crippen molar-refractivity contribution in [1.82, 2.24) is 10.3 Å². The van der Waals surface area contributed by atoms with Gasteiger partial charge in [0.25, 0.3) is 0 Å². The van der Waals surface area contributed by atoms with Crippen molar-refractivity contribution in [2.45, 2.75) is 6.54 Å². The van der Waals surface area contributed by atoms with Crippen LogP contribution in [-0.2, 0) is 6.54 Å². The zero-order valence-corrected chi connectivity index (χ0v) is 13.2. The van der Waals surface area contributed by atoms with Gasteiger partial charge in [-0.2, -0.15) is 0 Å². The first-order valence-corrected chi connectivity index (χ1v) is 7.63. The standard InChI is InChI=1S/C19H15F2N3O/c20-15-8-9-17(16(21)11-15)24-19(25)23-12-14-7-4-10-22-18(14)13-5-2-1-3-6-13/h1-11H,12H2,(H2,23,24,25). The summed E-state index contributed by atoms with van der Waals surface area (Å²) in [6, 6.07) is 15.6. The van der Waals surface area contributed by atoms with Crippen molar-refractivity contribution in [2.24, 2.45) is 0 Å². The van der Waals surface area contributed by atoms with E-state index in [1.54, 1.807) is 12.3 Å². The quantitative estimate of drug-likeness (QED) is 0.742. The van der Waals surface area contributed by atoms with Gasteiger partial charge < -0.3 is 10.6 Å². The summed E-state index contributed by atoms with van der Waals surface area (Å²) in [5.41, 5.74) is 2.43. The molecule has 0 radical (unpaired) electrons. The lowest BCUT2D eigenvalue weighted by atomic mass is 10.1. The van der Waals surface area contributed by atoms with Gasteiger partial charge in [0.05, 0.1) is 11.4 Å². The molecule has 0 bridgehead atoms. The number of anilines is 1. The second-order valence-electron chi connectivity index (χ2n) is 5.31. The molecular weight excluding hydrogens is 324 g/mol. The summed E-state index contributed by atoms with van der Waals surface area (Å²) < 4.78 is 26.5. The van der Waals surface area contributed by atoms with Crippen LogP contribution < -0.4 is 10.6 Å². The zero-order valence-electron chi connectivity index (χ0n) is 13.2. The molecule has 0 aliphatic heterocycles. The Hall–Kier alpha value is -3.28. The highest BCUT2D eigenvalue weighted by molar-refractivity contribution is 5.89. The molecule has 2 N–H and O–H groups in total. The summed E-state index contributed by atoms with van der Waals surface area (Å²) in [4.78, 5) is 16.3. The molecule has 0 saturated heterocycles. The average Bonchev–Trinajstić information content (AvgIpc) is 2.63. The Morgan fingerprint density at radius 3 is 2.56 bits per heavy atom. The van der Waals surface area contributed by atoms with Gasteiger partial charge in [0.15, 0.2) is 0 Å². The third-order valence-corrected chi connectivity index (χ3v) is 3.56. The molecule has 1 heterocycles. The fraction of sp³-hybridized carbons (Fsp3) is 0.0526. The molecule has 0 aliphatic carbocycles. The molecule has 0 spiro atoms. The second kappa shape index (κ2) is 7.53. The molecule has 4 nitrogen and oxygen atoms in total. The molecule has 3 rings (SSSR count). The third-order valence-electron chi connectivity index (χ3n) is 3.56. The van der Waals surface area contributed by atoms with E-state index < -0.39 is 17.7 Å². The van der Waals surface area contributed by atoms with Crippen LogP contribution in [0.25, 0.3) is 11.3 Å². The maximum atomic E-state index is 13.6. The minimum Gasteiger partial charge on any atom is -0.334 e. The molecule has 2 amide bonds. The number of urea groups is 1. The topological polar surface area (TPSA) is 54.0 Å². The summed E-state index contributed by atoms with van der Waals surface area (Å²) in [5, 5.41) is 5.00. The smallest absolute Gasteiger partial charge is 0.319 e. The van der Waals surface area contributed by atoms with Gasteiger partial charge in [0, 0.05) is 24.4 Å². The van der Waals surface area contributed by atoms with E-state index in [4.69, 9.17) is 0 Å². The lowest BCUT2D eigenvalue weighted by Gasteiger charge is -2.11. The van der Waals surface area contributed by atoms with E-state index in [0.29, 0.717) is 6.07 Å².